The molecular formula is C20H19F3N2O3. The normalized spacial score (nSPS) is 19.6. The number of hydrogen-bond donors (Lipinski definition) is 1. The monoisotopic (exact) mass is 392 g/mol. The summed E-state index contributed by atoms with van der Waals surface area (Å²) < 4.78 is 51.2. The zero-order valence-electron chi connectivity index (χ0n) is 14.9. The van der Waals surface area contributed by atoms with Gasteiger partial charge in [0.2, 0.25) is 0 Å². The largest absolute Gasteiger partial charge is 0.417 e. The van der Waals surface area contributed by atoms with Crippen LogP contribution in [-0.2, 0) is 22.3 Å². The quantitative estimate of drug-likeness (QED) is 0.817. The molecule has 0 bridgehead atoms. The summed E-state index contributed by atoms with van der Waals surface area (Å²) in [6.45, 7) is 0.416. The molecule has 0 unspecified atom stereocenters. The van der Waals surface area contributed by atoms with Crippen molar-refractivity contribution in [2.45, 2.75) is 25.1 Å². The van der Waals surface area contributed by atoms with Gasteiger partial charge in [0.25, 0.3) is 0 Å². The summed E-state index contributed by atoms with van der Waals surface area (Å²) >= 11 is 0. The third kappa shape index (κ3) is 4.62. The fraction of sp³-hybridized carbons (Fsp3) is 0.350. The van der Waals surface area contributed by atoms with Crippen molar-refractivity contribution < 1.29 is 27.8 Å². The highest BCUT2D eigenvalue weighted by atomic mass is 19.4. The predicted molar refractivity (Wildman–Crippen MR) is 95.3 cm³/mol. The lowest BCUT2D eigenvalue weighted by molar-refractivity contribution is -0.137. The van der Waals surface area contributed by atoms with Crippen LogP contribution in [0.25, 0.3) is 0 Å². The maximum Gasteiger partial charge on any atom is 0.417 e. The molecule has 0 aromatic heterocycles. The van der Waals surface area contributed by atoms with E-state index in [2.05, 4.69) is 0 Å². The maximum atomic E-state index is 13.3. The second-order valence-corrected chi connectivity index (χ2v) is 6.39. The summed E-state index contributed by atoms with van der Waals surface area (Å²) in [7, 11) is 0. The summed E-state index contributed by atoms with van der Waals surface area (Å²) in [6.07, 6.45) is -5.82. The van der Waals surface area contributed by atoms with Crippen LogP contribution in [0.4, 0.5) is 18.9 Å². The molecule has 2 aromatic rings. The van der Waals surface area contributed by atoms with E-state index in [0.29, 0.717) is 6.61 Å². The Labute approximate surface area is 160 Å². The molecule has 1 saturated heterocycles. The average molecular weight is 392 g/mol. The van der Waals surface area contributed by atoms with Gasteiger partial charge >= 0.3 is 6.18 Å². The second-order valence-electron chi connectivity index (χ2n) is 6.39. The summed E-state index contributed by atoms with van der Waals surface area (Å²) in [5.74, 6) is 0. The third-order valence-electron chi connectivity index (χ3n) is 4.43. The van der Waals surface area contributed by atoms with Crippen LogP contribution in [0.15, 0.2) is 48.5 Å². The molecule has 5 nitrogen and oxygen atoms in total. The number of rotatable bonds is 6. The van der Waals surface area contributed by atoms with Crippen LogP contribution in [-0.4, -0.2) is 37.2 Å². The first-order chi connectivity index (χ1) is 13.4. The van der Waals surface area contributed by atoms with Gasteiger partial charge in [0.15, 0.2) is 6.23 Å². The molecule has 0 radical (unpaired) electrons. The molecule has 2 aromatic carbocycles. The van der Waals surface area contributed by atoms with Crippen molar-refractivity contribution >= 4 is 5.69 Å². The van der Waals surface area contributed by atoms with Crippen LogP contribution >= 0.6 is 0 Å². The van der Waals surface area contributed by atoms with E-state index >= 15 is 0 Å². The lowest BCUT2D eigenvalue weighted by atomic mass is 10.1. The number of nitriles is 1. The Hall–Kier alpha value is -2.60. The summed E-state index contributed by atoms with van der Waals surface area (Å²) in [6, 6.07) is 14.6. The first kappa shape index (κ1) is 20.1. The maximum absolute atomic E-state index is 13.3. The first-order valence-corrected chi connectivity index (χ1v) is 8.68. The molecular weight excluding hydrogens is 373 g/mol. The minimum Gasteiger partial charge on any atom is -0.394 e. The number of aliphatic hydroxyl groups is 1. The van der Waals surface area contributed by atoms with Crippen LogP contribution in [0, 0.1) is 11.3 Å². The summed E-state index contributed by atoms with van der Waals surface area (Å²) in [5.41, 5.74) is -0.213. The van der Waals surface area contributed by atoms with E-state index in [1.165, 1.54) is 6.07 Å². The van der Waals surface area contributed by atoms with Crippen molar-refractivity contribution in [2.24, 2.45) is 0 Å². The van der Waals surface area contributed by atoms with Crippen LogP contribution in [0.3, 0.4) is 0 Å². The lowest BCUT2D eigenvalue weighted by Crippen LogP contribution is -2.34. The van der Waals surface area contributed by atoms with Crippen molar-refractivity contribution in [3.05, 3.63) is 65.2 Å². The third-order valence-corrected chi connectivity index (χ3v) is 4.43. The van der Waals surface area contributed by atoms with E-state index in [-0.39, 0.29) is 25.4 Å². The van der Waals surface area contributed by atoms with Gasteiger partial charge in [-0.2, -0.15) is 18.4 Å². The molecule has 3 rings (SSSR count). The number of aliphatic hydroxyl groups excluding tert-OH is 1. The van der Waals surface area contributed by atoms with Gasteiger partial charge < -0.3 is 19.5 Å². The number of nitrogens with zero attached hydrogens (tertiary/aromatic N) is 2. The lowest BCUT2D eigenvalue weighted by Gasteiger charge is -2.26. The number of ether oxygens (including phenoxy) is 2. The molecule has 0 amide bonds. The number of halogens is 3. The number of benzene rings is 2. The minimum atomic E-state index is -4.64. The fourth-order valence-corrected chi connectivity index (χ4v) is 3.07. The predicted octanol–water partition coefficient (Wildman–Crippen LogP) is 3.32. The molecule has 2 atom stereocenters. The van der Waals surface area contributed by atoms with Crippen LogP contribution < -0.4 is 4.90 Å². The van der Waals surface area contributed by atoms with Crippen molar-refractivity contribution in [3.8, 4) is 6.07 Å². The van der Waals surface area contributed by atoms with E-state index in [9.17, 15) is 18.3 Å². The SMILES string of the molecule is N#Cc1ccc(N2C[C@@H](CO)O[C@@H]2COCc2ccccc2)cc1C(F)(F)F. The highest BCUT2D eigenvalue weighted by molar-refractivity contribution is 5.55. The Bertz CT molecular complexity index is 837. The second kappa shape index (κ2) is 8.61. The minimum absolute atomic E-state index is 0.118. The molecule has 1 N–H and O–H groups in total. The van der Waals surface area contributed by atoms with E-state index in [1.807, 2.05) is 30.3 Å². The van der Waals surface area contributed by atoms with Crippen molar-refractivity contribution in [2.75, 3.05) is 24.7 Å². The van der Waals surface area contributed by atoms with Gasteiger partial charge in [-0.15, -0.1) is 0 Å². The Morgan fingerprint density at radius 1 is 1.21 bits per heavy atom. The zero-order chi connectivity index (χ0) is 20.1. The molecule has 28 heavy (non-hydrogen) atoms. The molecule has 8 heteroatoms. The van der Waals surface area contributed by atoms with Crippen LogP contribution in [0.1, 0.15) is 16.7 Å². The van der Waals surface area contributed by atoms with E-state index in [1.54, 1.807) is 11.0 Å². The van der Waals surface area contributed by atoms with Gasteiger partial charge in [-0.1, -0.05) is 30.3 Å². The Morgan fingerprint density at radius 3 is 2.61 bits per heavy atom. The fourth-order valence-electron chi connectivity index (χ4n) is 3.07. The molecule has 0 saturated carbocycles. The number of hydrogen-bond acceptors (Lipinski definition) is 5. The first-order valence-electron chi connectivity index (χ1n) is 8.68. The molecule has 1 aliphatic heterocycles. The Morgan fingerprint density at radius 2 is 1.96 bits per heavy atom. The molecule has 1 fully saturated rings. The molecule has 1 aliphatic rings. The molecule has 148 valence electrons. The topological polar surface area (TPSA) is 65.7 Å². The smallest absolute Gasteiger partial charge is 0.394 e. The van der Waals surface area contributed by atoms with Gasteiger partial charge in [-0.25, -0.2) is 0 Å². The van der Waals surface area contributed by atoms with Crippen molar-refractivity contribution in [3.63, 3.8) is 0 Å². The van der Waals surface area contributed by atoms with Crippen LogP contribution in [0.5, 0.6) is 0 Å². The van der Waals surface area contributed by atoms with Gasteiger partial charge in [0.05, 0.1) is 37.0 Å². The molecule has 0 aliphatic carbocycles. The van der Waals surface area contributed by atoms with Gasteiger partial charge in [-0.05, 0) is 23.8 Å². The highest BCUT2D eigenvalue weighted by Gasteiger charge is 2.37. The number of anilines is 1. The standard InChI is InChI=1S/C20H19F3N2O3/c21-20(22,23)18-8-16(7-6-15(18)9-24)25-10-17(11-26)28-19(25)13-27-12-14-4-2-1-3-5-14/h1-8,17,19,26H,10-13H2/t17-,19+/m0/s1. The number of alkyl halides is 3. The van der Waals surface area contributed by atoms with E-state index in [0.717, 1.165) is 17.7 Å². The Kier molecular flexibility index (Phi) is 6.19. The van der Waals surface area contributed by atoms with Crippen molar-refractivity contribution in [1.29, 1.82) is 5.26 Å². The molecule has 1 heterocycles. The molecule has 0 spiro atoms. The van der Waals surface area contributed by atoms with E-state index < -0.39 is 29.6 Å². The van der Waals surface area contributed by atoms with Gasteiger partial charge in [0, 0.05) is 12.2 Å². The average Bonchev–Trinajstić information content (AvgIpc) is 3.11. The summed E-state index contributed by atoms with van der Waals surface area (Å²) in [4.78, 5) is 1.61. The summed E-state index contributed by atoms with van der Waals surface area (Å²) in [5, 5.41) is 18.4. The van der Waals surface area contributed by atoms with Crippen molar-refractivity contribution in [1.82, 2.24) is 0 Å². The Balaban J connectivity index is 1.77. The van der Waals surface area contributed by atoms with E-state index in [4.69, 9.17) is 14.7 Å². The highest BCUT2D eigenvalue weighted by Crippen LogP contribution is 2.36. The van der Waals surface area contributed by atoms with Gasteiger partial charge in [0.1, 0.15) is 6.10 Å². The zero-order valence-corrected chi connectivity index (χ0v) is 14.9. The van der Waals surface area contributed by atoms with Gasteiger partial charge in [-0.3, -0.25) is 0 Å². The van der Waals surface area contributed by atoms with Crippen LogP contribution in [0.2, 0.25) is 0 Å².